The summed E-state index contributed by atoms with van der Waals surface area (Å²) in [4.78, 5) is 2.27. The Kier molecular flexibility index (Phi) is 3.31. The number of nitrogens with zero attached hydrogens (tertiary/aromatic N) is 1. The maximum absolute atomic E-state index is 13.0. The largest absolute Gasteiger partial charge is 0.378 e. The highest BCUT2D eigenvalue weighted by atomic mass is 19.1. The molecule has 1 aliphatic carbocycles. The highest BCUT2D eigenvalue weighted by Gasteiger charge is 2.45. The molecule has 2 rings (SSSR count). The summed E-state index contributed by atoms with van der Waals surface area (Å²) < 4.78 is 18.7. The summed E-state index contributed by atoms with van der Waals surface area (Å²) in [6, 6.07) is 0. The van der Waals surface area contributed by atoms with Gasteiger partial charge in [-0.25, -0.2) is 4.39 Å². The van der Waals surface area contributed by atoms with Crippen molar-refractivity contribution in [3.05, 3.63) is 0 Å². The van der Waals surface area contributed by atoms with Gasteiger partial charge in [0.2, 0.25) is 0 Å². The van der Waals surface area contributed by atoms with Crippen molar-refractivity contribution in [2.24, 2.45) is 5.41 Å². The summed E-state index contributed by atoms with van der Waals surface area (Å²) in [5, 5.41) is 0. The van der Waals surface area contributed by atoms with Crippen LogP contribution in [0.25, 0.3) is 0 Å². The Hall–Kier alpha value is -0.150. The Morgan fingerprint density at radius 1 is 1.47 bits per heavy atom. The van der Waals surface area contributed by atoms with Crippen molar-refractivity contribution in [3.8, 4) is 0 Å². The molecule has 2 nitrogen and oxygen atoms in total. The molecule has 1 atom stereocenters. The standard InChI is InChI=1S/C12H22FNO/c1-10(2)15-9-12(4-5-12)8-14-6-3-11(13)7-14/h10-11H,3-9H2,1-2H3/t11-/m1/s1. The van der Waals surface area contributed by atoms with E-state index in [4.69, 9.17) is 4.74 Å². The molecule has 1 saturated heterocycles. The van der Waals surface area contributed by atoms with E-state index in [0.29, 0.717) is 18.1 Å². The van der Waals surface area contributed by atoms with Crippen LogP contribution in [0.4, 0.5) is 4.39 Å². The molecule has 0 spiro atoms. The lowest BCUT2D eigenvalue weighted by Crippen LogP contribution is -2.32. The van der Waals surface area contributed by atoms with E-state index in [1.165, 1.54) is 12.8 Å². The van der Waals surface area contributed by atoms with E-state index in [1.54, 1.807) is 0 Å². The van der Waals surface area contributed by atoms with E-state index in [9.17, 15) is 4.39 Å². The van der Waals surface area contributed by atoms with Gasteiger partial charge in [0, 0.05) is 25.0 Å². The van der Waals surface area contributed by atoms with E-state index >= 15 is 0 Å². The van der Waals surface area contributed by atoms with Gasteiger partial charge in [-0.1, -0.05) is 0 Å². The van der Waals surface area contributed by atoms with Gasteiger partial charge in [0.15, 0.2) is 0 Å². The molecule has 1 saturated carbocycles. The summed E-state index contributed by atoms with van der Waals surface area (Å²) in [5.41, 5.74) is 0.369. The second-order valence-electron chi connectivity index (χ2n) is 5.48. The maximum atomic E-state index is 13.0. The van der Waals surface area contributed by atoms with Crippen molar-refractivity contribution >= 4 is 0 Å². The van der Waals surface area contributed by atoms with Gasteiger partial charge in [0.25, 0.3) is 0 Å². The minimum Gasteiger partial charge on any atom is -0.378 e. The first-order valence-electron chi connectivity index (χ1n) is 6.08. The van der Waals surface area contributed by atoms with Crippen LogP contribution in [0.2, 0.25) is 0 Å². The predicted octanol–water partition coefficient (Wildman–Crippen LogP) is 2.24. The zero-order valence-corrected chi connectivity index (χ0v) is 9.84. The average molecular weight is 215 g/mol. The van der Waals surface area contributed by atoms with Crippen LogP contribution >= 0.6 is 0 Å². The zero-order valence-electron chi connectivity index (χ0n) is 9.84. The number of hydrogen-bond donors (Lipinski definition) is 0. The molecule has 2 fully saturated rings. The van der Waals surface area contributed by atoms with Crippen molar-refractivity contribution in [3.63, 3.8) is 0 Å². The van der Waals surface area contributed by atoms with Gasteiger partial charge in [-0.15, -0.1) is 0 Å². The Bertz CT molecular complexity index is 216. The molecule has 1 heterocycles. The minimum atomic E-state index is -0.591. The van der Waals surface area contributed by atoms with E-state index in [-0.39, 0.29) is 0 Å². The SMILES string of the molecule is CC(C)OCC1(CN2CC[C@@H](F)C2)CC1. The highest BCUT2D eigenvalue weighted by Crippen LogP contribution is 2.47. The van der Waals surface area contributed by atoms with Gasteiger partial charge in [-0.2, -0.15) is 0 Å². The number of halogens is 1. The van der Waals surface area contributed by atoms with Crippen molar-refractivity contribution in [1.82, 2.24) is 4.90 Å². The van der Waals surface area contributed by atoms with Crippen molar-refractivity contribution in [2.45, 2.75) is 45.4 Å². The second kappa shape index (κ2) is 4.38. The molecule has 0 N–H and O–H groups in total. The Labute approximate surface area is 91.8 Å². The van der Waals surface area contributed by atoms with Crippen LogP contribution in [-0.4, -0.2) is 43.4 Å². The molecule has 0 aromatic heterocycles. The van der Waals surface area contributed by atoms with E-state index in [1.807, 2.05) is 0 Å². The van der Waals surface area contributed by atoms with Crippen LogP contribution in [0.15, 0.2) is 0 Å². The Balaban J connectivity index is 1.73. The molecule has 0 aromatic rings. The fraction of sp³-hybridized carbons (Fsp3) is 1.00. The normalized spacial score (nSPS) is 30.0. The first-order valence-corrected chi connectivity index (χ1v) is 6.08. The van der Waals surface area contributed by atoms with Gasteiger partial charge in [0.05, 0.1) is 12.7 Å². The molecule has 3 heteroatoms. The predicted molar refractivity (Wildman–Crippen MR) is 58.7 cm³/mol. The Morgan fingerprint density at radius 2 is 2.20 bits per heavy atom. The molecular formula is C12H22FNO. The number of likely N-dealkylation sites (tertiary alicyclic amines) is 1. The van der Waals surface area contributed by atoms with Crippen molar-refractivity contribution < 1.29 is 9.13 Å². The average Bonchev–Trinajstić information content (AvgIpc) is 2.81. The topological polar surface area (TPSA) is 12.5 Å². The van der Waals surface area contributed by atoms with E-state index in [2.05, 4.69) is 18.7 Å². The molecule has 2 aliphatic rings. The lowest BCUT2D eigenvalue weighted by molar-refractivity contribution is 0.0329. The van der Waals surface area contributed by atoms with Gasteiger partial charge < -0.3 is 4.74 Å². The number of rotatable bonds is 5. The maximum Gasteiger partial charge on any atom is 0.114 e. The molecule has 0 aromatic carbocycles. The molecule has 1 aliphatic heterocycles. The Morgan fingerprint density at radius 3 is 2.67 bits per heavy atom. The van der Waals surface area contributed by atoms with Crippen LogP contribution in [0.5, 0.6) is 0 Å². The molecule has 0 radical (unpaired) electrons. The zero-order chi connectivity index (χ0) is 10.9. The summed E-state index contributed by atoms with van der Waals surface area (Å²) >= 11 is 0. The van der Waals surface area contributed by atoms with Gasteiger partial charge in [0.1, 0.15) is 6.17 Å². The fourth-order valence-electron chi connectivity index (χ4n) is 2.27. The first kappa shape index (κ1) is 11.3. The number of alkyl halides is 1. The lowest BCUT2D eigenvalue weighted by Gasteiger charge is -2.23. The number of ether oxygens (including phenoxy) is 1. The first-order chi connectivity index (χ1) is 7.10. The third-order valence-electron chi connectivity index (χ3n) is 3.45. The van der Waals surface area contributed by atoms with Crippen LogP contribution in [0.3, 0.4) is 0 Å². The van der Waals surface area contributed by atoms with Gasteiger partial charge in [-0.05, 0) is 33.1 Å². The second-order valence-corrected chi connectivity index (χ2v) is 5.48. The molecule has 15 heavy (non-hydrogen) atoms. The minimum absolute atomic E-state index is 0.315. The van der Waals surface area contributed by atoms with Crippen molar-refractivity contribution in [2.75, 3.05) is 26.2 Å². The molecule has 0 amide bonds. The molecule has 88 valence electrons. The lowest BCUT2D eigenvalue weighted by atomic mass is 10.1. The smallest absolute Gasteiger partial charge is 0.114 e. The molecule has 0 bridgehead atoms. The molecular weight excluding hydrogens is 193 g/mol. The quantitative estimate of drug-likeness (QED) is 0.697. The van der Waals surface area contributed by atoms with Gasteiger partial charge >= 0.3 is 0 Å². The number of hydrogen-bond acceptors (Lipinski definition) is 2. The monoisotopic (exact) mass is 215 g/mol. The third-order valence-corrected chi connectivity index (χ3v) is 3.45. The van der Waals surface area contributed by atoms with Crippen LogP contribution in [-0.2, 0) is 4.74 Å². The summed E-state index contributed by atoms with van der Waals surface area (Å²) in [5.74, 6) is 0. The third kappa shape index (κ3) is 3.15. The highest BCUT2D eigenvalue weighted by molar-refractivity contribution is 4.97. The van der Waals surface area contributed by atoms with Crippen molar-refractivity contribution in [1.29, 1.82) is 0 Å². The summed E-state index contributed by atoms with van der Waals surface area (Å²) in [6.07, 6.45) is 2.96. The van der Waals surface area contributed by atoms with E-state index in [0.717, 1.165) is 26.1 Å². The summed E-state index contributed by atoms with van der Waals surface area (Å²) in [7, 11) is 0. The summed E-state index contributed by atoms with van der Waals surface area (Å²) in [6.45, 7) is 7.62. The fourth-order valence-corrected chi connectivity index (χ4v) is 2.27. The molecule has 0 unspecified atom stereocenters. The van der Waals surface area contributed by atoms with Crippen LogP contribution in [0, 0.1) is 5.41 Å². The van der Waals surface area contributed by atoms with E-state index < -0.39 is 6.17 Å². The van der Waals surface area contributed by atoms with Gasteiger partial charge in [-0.3, -0.25) is 4.90 Å². The van der Waals surface area contributed by atoms with Crippen LogP contribution < -0.4 is 0 Å². The van der Waals surface area contributed by atoms with Crippen LogP contribution in [0.1, 0.15) is 33.1 Å².